The van der Waals surface area contributed by atoms with Crippen molar-refractivity contribution in [2.24, 2.45) is 4.99 Å². The van der Waals surface area contributed by atoms with E-state index < -0.39 is 23.2 Å². The van der Waals surface area contributed by atoms with Gasteiger partial charge in [0.05, 0.1) is 17.5 Å². The zero-order valence-corrected chi connectivity index (χ0v) is 12.1. The molecule has 0 radical (unpaired) electrons. The largest absolute Gasteiger partial charge is 0.417 e. The minimum atomic E-state index is -4.60. The second-order valence-electron chi connectivity index (χ2n) is 4.16. The number of halogens is 4. The normalized spacial score (nSPS) is 11.9. The zero-order chi connectivity index (χ0) is 14.8. The van der Waals surface area contributed by atoms with E-state index in [4.69, 9.17) is 0 Å². The van der Waals surface area contributed by atoms with Gasteiger partial charge in [-0.15, -0.1) is 0 Å². The smallest absolute Gasteiger partial charge is 0.369 e. The van der Waals surface area contributed by atoms with Gasteiger partial charge in [-0.3, -0.25) is 4.79 Å². The molecule has 0 fully saturated rings. The molecule has 0 bridgehead atoms. The van der Waals surface area contributed by atoms with Crippen LogP contribution in [0.5, 0.6) is 0 Å². The Bertz CT molecular complexity index is 524. The molecule has 1 rings (SSSR count). The number of carbonyl (C=O) groups excluding carboxylic acids is 1. The maximum atomic E-state index is 12.9. The summed E-state index contributed by atoms with van der Waals surface area (Å²) >= 11 is 2.99. The second-order valence-corrected chi connectivity index (χ2v) is 5.07. The number of aliphatic imine (C=N–C) groups is 1. The molecule has 0 saturated heterocycles. The number of hydrogen-bond acceptors (Lipinski definition) is 1. The molecule has 1 amide bonds. The molecule has 1 aromatic rings. The number of aryl methyl sites for hydroxylation is 1. The lowest BCUT2D eigenvalue weighted by atomic mass is 10.0. The molecular formula is C12H12BrF3N2O. The average molecular weight is 337 g/mol. The van der Waals surface area contributed by atoms with Crippen LogP contribution in [0.3, 0.4) is 0 Å². The number of amides is 1. The Kier molecular flexibility index (Phi) is 4.73. The highest BCUT2D eigenvalue weighted by atomic mass is 79.9. The number of carbonyl (C=O) groups is 1. The molecule has 0 spiro atoms. The number of alkyl halides is 3. The summed E-state index contributed by atoms with van der Waals surface area (Å²) in [6.07, 6.45) is -3.43. The third-order valence-electron chi connectivity index (χ3n) is 2.23. The Morgan fingerprint density at radius 3 is 2.42 bits per heavy atom. The molecule has 0 aromatic heterocycles. The summed E-state index contributed by atoms with van der Waals surface area (Å²) in [6.45, 7) is 1.44. The van der Waals surface area contributed by atoms with Gasteiger partial charge in [0, 0.05) is 18.6 Å². The van der Waals surface area contributed by atoms with Crippen LogP contribution >= 0.6 is 15.9 Å². The second kappa shape index (κ2) is 5.73. The third kappa shape index (κ3) is 4.05. The zero-order valence-electron chi connectivity index (χ0n) is 10.5. The Morgan fingerprint density at radius 1 is 1.37 bits per heavy atom. The van der Waals surface area contributed by atoms with Crippen molar-refractivity contribution < 1.29 is 18.0 Å². The minimum absolute atomic E-state index is 0.225. The molecule has 0 N–H and O–H groups in total. The molecule has 0 saturated carbocycles. The van der Waals surface area contributed by atoms with Crippen LogP contribution in [0.2, 0.25) is 0 Å². The van der Waals surface area contributed by atoms with Gasteiger partial charge in [0.1, 0.15) is 0 Å². The van der Waals surface area contributed by atoms with Crippen molar-refractivity contribution >= 4 is 28.2 Å². The van der Waals surface area contributed by atoms with Crippen molar-refractivity contribution in [2.75, 3.05) is 14.1 Å². The lowest BCUT2D eigenvalue weighted by Crippen LogP contribution is -2.15. The van der Waals surface area contributed by atoms with Crippen molar-refractivity contribution in [3.63, 3.8) is 0 Å². The van der Waals surface area contributed by atoms with Crippen molar-refractivity contribution in [1.82, 2.24) is 4.90 Å². The number of rotatable bonds is 2. The topological polar surface area (TPSA) is 32.7 Å². The molecule has 104 valence electrons. The SMILES string of the molecule is Cc1cc(Br)cc(C(F)(F)F)c1C(=O)/N=C/N(C)C. The Labute approximate surface area is 117 Å². The van der Waals surface area contributed by atoms with Crippen LogP contribution in [-0.4, -0.2) is 31.2 Å². The first-order chi connectivity index (χ1) is 8.62. The van der Waals surface area contributed by atoms with Crippen molar-refractivity contribution in [2.45, 2.75) is 13.1 Å². The van der Waals surface area contributed by atoms with Gasteiger partial charge < -0.3 is 4.90 Å². The summed E-state index contributed by atoms with van der Waals surface area (Å²) in [5.74, 6) is -0.911. The van der Waals surface area contributed by atoms with Gasteiger partial charge in [-0.2, -0.15) is 18.2 Å². The van der Waals surface area contributed by atoms with E-state index in [0.717, 1.165) is 6.07 Å². The average Bonchev–Trinajstić information content (AvgIpc) is 2.23. The van der Waals surface area contributed by atoms with Crippen LogP contribution < -0.4 is 0 Å². The van der Waals surface area contributed by atoms with Gasteiger partial charge in [-0.25, -0.2) is 0 Å². The highest BCUT2D eigenvalue weighted by molar-refractivity contribution is 9.10. The van der Waals surface area contributed by atoms with E-state index in [1.807, 2.05) is 0 Å². The first kappa shape index (κ1) is 15.7. The number of benzene rings is 1. The van der Waals surface area contributed by atoms with Crippen LogP contribution in [0.25, 0.3) is 0 Å². The fourth-order valence-corrected chi connectivity index (χ4v) is 2.06. The number of nitrogens with zero attached hydrogens (tertiary/aromatic N) is 2. The van der Waals surface area contributed by atoms with Crippen molar-refractivity contribution in [3.05, 3.63) is 33.3 Å². The highest BCUT2D eigenvalue weighted by Gasteiger charge is 2.36. The predicted molar refractivity (Wildman–Crippen MR) is 70.4 cm³/mol. The molecule has 0 heterocycles. The van der Waals surface area contributed by atoms with Gasteiger partial charge in [0.2, 0.25) is 0 Å². The van der Waals surface area contributed by atoms with Crippen LogP contribution in [0.15, 0.2) is 21.6 Å². The fourth-order valence-electron chi connectivity index (χ4n) is 1.48. The maximum Gasteiger partial charge on any atom is 0.417 e. The van der Waals surface area contributed by atoms with E-state index in [0.29, 0.717) is 0 Å². The summed E-state index contributed by atoms with van der Waals surface area (Å²) in [4.78, 5) is 16.8. The van der Waals surface area contributed by atoms with Gasteiger partial charge >= 0.3 is 6.18 Å². The minimum Gasteiger partial charge on any atom is -0.369 e. The van der Waals surface area contributed by atoms with E-state index in [1.165, 1.54) is 24.2 Å². The summed E-state index contributed by atoms with van der Waals surface area (Å²) in [7, 11) is 3.24. The van der Waals surface area contributed by atoms with E-state index in [1.54, 1.807) is 14.1 Å². The quantitative estimate of drug-likeness (QED) is 0.611. The Hall–Kier alpha value is -1.37. The van der Waals surface area contributed by atoms with Crippen LogP contribution in [0, 0.1) is 6.92 Å². The van der Waals surface area contributed by atoms with Gasteiger partial charge in [0.15, 0.2) is 0 Å². The van der Waals surface area contributed by atoms with Crippen LogP contribution in [0.4, 0.5) is 13.2 Å². The van der Waals surface area contributed by atoms with E-state index in [2.05, 4.69) is 20.9 Å². The van der Waals surface area contributed by atoms with Crippen LogP contribution in [0.1, 0.15) is 21.5 Å². The molecule has 1 aromatic carbocycles. The lowest BCUT2D eigenvalue weighted by molar-refractivity contribution is -0.138. The summed E-state index contributed by atoms with van der Waals surface area (Å²) < 4.78 is 39.1. The van der Waals surface area contributed by atoms with E-state index >= 15 is 0 Å². The molecule has 3 nitrogen and oxygen atoms in total. The van der Waals surface area contributed by atoms with E-state index in [9.17, 15) is 18.0 Å². The lowest BCUT2D eigenvalue weighted by Gasteiger charge is -2.14. The molecule has 0 atom stereocenters. The molecule has 0 aliphatic carbocycles. The molecule has 7 heteroatoms. The molecule has 0 aliphatic heterocycles. The molecule has 0 unspecified atom stereocenters. The van der Waals surface area contributed by atoms with Crippen LogP contribution in [-0.2, 0) is 6.18 Å². The number of hydrogen-bond donors (Lipinski definition) is 0. The summed E-state index contributed by atoms with van der Waals surface area (Å²) in [6, 6.07) is 2.33. The Morgan fingerprint density at radius 2 is 1.95 bits per heavy atom. The fraction of sp³-hybridized carbons (Fsp3) is 0.333. The maximum absolute atomic E-state index is 12.9. The van der Waals surface area contributed by atoms with Crippen molar-refractivity contribution in [3.8, 4) is 0 Å². The van der Waals surface area contributed by atoms with E-state index in [-0.39, 0.29) is 10.0 Å². The first-order valence-electron chi connectivity index (χ1n) is 5.25. The van der Waals surface area contributed by atoms with Gasteiger partial charge in [0.25, 0.3) is 5.91 Å². The predicted octanol–water partition coefficient (Wildman–Crippen LogP) is 3.51. The summed E-state index contributed by atoms with van der Waals surface area (Å²) in [5, 5.41) is 0. The van der Waals surface area contributed by atoms with Crippen molar-refractivity contribution in [1.29, 1.82) is 0 Å². The molecular weight excluding hydrogens is 325 g/mol. The monoisotopic (exact) mass is 336 g/mol. The van der Waals surface area contributed by atoms with Gasteiger partial charge in [-0.05, 0) is 24.6 Å². The third-order valence-corrected chi connectivity index (χ3v) is 2.68. The Balaban J connectivity index is 3.38. The standard InChI is InChI=1S/C12H12BrF3N2O/c1-7-4-8(13)5-9(12(14,15)16)10(7)11(19)17-6-18(2)3/h4-6H,1-3H3/b17-6+. The molecule has 19 heavy (non-hydrogen) atoms. The summed E-state index contributed by atoms with van der Waals surface area (Å²) in [5.41, 5.74) is -1.18. The first-order valence-corrected chi connectivity index (χ1v) is 6.04. The molecule has 0 aliphatic rings. The highest BCUT2D eigenvalue weighted by Crippen LogP contribution is 2.35. The van der Waals surface area contributed by atoms with Gasteiger partial charge in [-0.1, -0.05) is 15.9 Å².